The highest BCUT2D eigenvalue weighted by Crippen LogP contribution is 2.20. The van der Waals surface area contributed by atoms with Gasteiger partial charge in [0, 0.05) is 13.2 Å². The van der Waals surface area contributed by atoms with Gasteiger partial charge in [0.2, 0.25) is 0 Å². The molecular weight excluding hydrogens is 222 g/mol. The first-order valence-corrected chi connectivity index (χ1v) is 6.31. The van der Waals surface area contributed by atoms with Gasteiger partial charge in [0.1, 0.15) is 0 Å². The summed E-state index contributed by atoms with van der Waals surface area (Å²) in [6.07, 6.45) is 4.78. The molecule has 0 aliphatic heterocycles. The maximum Gasteiger partial charge on any atom is 0.0946 e. The highest BCUT2D eigenvalue weighted by atomic mass is 15.1. The molecule has 1 N–H and O–H groups in total. The molecule has 0 radical (unpaired) electrons. The Hall–Kier alpha value is -1.61. The highest BCUT2D eigenvalue weighted by Gasteiger charge is 2.14. The van der Waals surface area contributed by atoms with Crippen LogP contribution in [-0.4, -0.2) is 16.6 Å². The van der Waals surface area contributed by atoms with E-state index in [-0.39, 0.29) is 0 Å². The highest BCUT2D eigenvalue weighted by molar-refractivity contribution is 5.31. The Morgan fingerprint density at radius 3 is 2.72 bits per heavy atom. The Labute approximate surface area is 109 Å². The summed E-state index contributed by atoms with van der Waals surface area (Å²) in [5.41, 5.74) is 5.28. The van der Waals surface area contributed by atoms with E-state index < -0.39 is 0 Å². The first-order chi connectivity index (χ1) is 8.61. The fraction of sp³-hybridized carbons (Fsp3) is 0.400. The van der Waals surface area contributed by atoms with E-state index in [2.05, 4.69) is 46.9 Å². The van der Waals surface area contributed by atoms with E-state index in [1.807, 2.05) is 26.6 Å². The summed E-state index contributed by atoms with van der Waals surface area (Å²) in [7, 11) is 4.04. The number of imidazole rings is 1. The molecule has 0 bridgehead atoms. The van der Waals surface area contributed by atoms with Crippen LogP contribution < -0.4 is 5.32 Å². The third-order valence-electron chi connectivity index (χ3n) is 3.49. The molecule has 0 fully saturated rings. The zero-order chi connectivity index (χ0) is 13.1. The number of hydrogen-bond acceptors (Lipinski definition) is 2. The van der Waals surface area contributed by atoms with Gasteiger partial charge in [0.05, 0.1) is 18.1 Å². The molecule has 0 amide bonds. The van der Waals surface area contributed by atoms with Crippen molar-refractivity contribution in [3.05, 3.63) is 53.1 Å². The predicted octanol–water partition coefficient (Wildman–Crippen LogP) is 2.54. The summed E-state index contributed by atoms with van der Waals surface area (Å²) in [5.74, 6) is 0. The van der Waals surface area contributed by atoms with Crippen molar-refractivity contribution in [1.82, 2.24) is 14.9 Å². The van der Waals surface area contributed by atoms with E-state index in [0.29, 0.717) is 6.04 Å². The number of rotatable bonds is 4. The molecule has 2 rings (SSSR count). The van der Waals surface area contributed by atoms with Crippen molar-refractivity contribution in [3.63, 3.8) is 0 Å². The summed E-state index contributed by atoms with van der Waals surface area (Å²) in [6, 6.07) is 6.94. The maximum absolute atomic E-state index is 4.20. The van der Waals surface area contributed by atoms with Crippen LogP contribution >= 0.6 is 0 Å². The molecule has 0 saturated carbocycles. The van der Waals surface area contributed by atoms with Crippen molar-refractivity contribution >= 4 is 0 Å². The van der Waals surface area contributed by atoms with Crippen LogP contribution in [0.5, 0.6) is 0 Å². The van der Waals surface area contributed by atoms with E-state index in [0.717, 1.165) is 6.42 Å². The Morgan fingerprint density at radius 1 is 1.33 bits per heavy atom. The van der Waals surface area contributed by atoms with Crippen LogP contribution in [0.1, 0.15) is 28.4 Å². The van der Waals surface area contributed by atoms with Crippen LogP contribution in [0.15, 0.2) is 30.7 Å². The van der Waals surface area contributed by atoms with Crippen molar-refractivity contribution in [2.75, 3.05) is 7.05 Å². The molecule has 2 aromatic rings. The van der Waals surface area contributed by atoms with Crippen LogP contribution in [0.2, 0.25) is 0 Å². The van der Waals surface area contributed by atoms with Crippen molar-refractivity contribution in [3.8, 4) is 0 Å². The van der Waals surface area contributed by atoms with Crippen LogP contribution in [0.25, 0.3) is 0 Å². The fourth-order valence-electron chi connectivity index (χ4n) is 2.30. The molecule has 1 heterocycles. The summed E-state index contributed by atoms with van der Waals surface area (Å²) >= 11 is 0. The number of nitrogens with one attached hydrogen (secondary N) is 1. The SMILES string of the molecule is CNC(Cc1cc(C)ccc1C)c1cncn1C. The molecule has 3 nitrogen and oxygen atoms in total. The smallest absolute Gasteiger partial charge is 0.0946 e. The van der Waals surface area contributed by atoms with E-state index in [4.69, 9.17) is 0 Å². The topological polar surface area (TPSA) is 29.9 Å². The summed E-state index contributed by atoms with van der Waals surface area (Å²) < 4.78 is 2.08. The van der Waals surface area contributed by atoms with Crippen molar-refractivity contribution < 1.29 is 0 Å². The molecule has 96 valence electrons. The first kappa shape index (κ1) is 12.8. The summed E-state index contributed by atoms with van der Waals surface area (Å²) in [4.78, 5) is 4.20. The maximum atomic E-state index is 4.20. The second kappa shape index (κ2) is 5.36. The lowest BCUT2D eigenvalue weighted by atomic mass is 9.97. The second-order valence-corrected chi connectivity index (χ2v) is 4.90. The van der Waals surface area contributed by atoms with E-state index in [9.17, 15) is 0 Å². The van der Waals surface area contributed by atoms with Crippen LogP contribution in [0.4, 0.5) is 0 Å². The van der Waals surface area contributed by atoms with E-state index >= 15 is 0 Å². The molecular formula is C15H21N3. The minimum Gasteiger partial charge on any atom is -0.336 e. The summed E-state index contributed by atoms with van der Waals surface area (Å²) in [5, 5.41) is 3.38. The monoisotopic (exact) mass is 243 g/mol. The molecule has 0 saturated heterocycles. The lowest BCUT2D eigenvalue weighted by Crippen LogP contribution is -2.21. The number of aromatic nitrogens is 2. The Balaban J connectivity index is 2.26. The van der Waals surface area contributed by atoms with Gasteiger partial charge in [-0.1, -0.05) is 23.8 Å². The standard InChI is InChI=1S/C15H21N3/c1-11-5-6-12(2)13(7-11)8-14(16-3)15-9-17-10-18(15)4/h5-7,9-10,14,16H,8H2,1-4H3. The lowest BCUT2D eigenvalue weighted by Gasteiger charge is -2.18. The predicted molar refractivity (Wildman–Crippen MR) is 74.6 cm³/mol. The Kier molecular flexibility index (Phi) is 3.82. The van der Waals surface area contributed by atoms with Gasteiger partial charge in [-0.2, -0.15) is 0 Å². The minimum absolute atomic E-state index is 0.304. The Bertz CT molecular complexity index is 528. The molecule has 1 atom stereocenters. The third kappa shape index (κ3) is 2.62. The van der Waals surface area contributed by atoms with E-state index in [1.165, 1.54) is 22.4 Å². The van der Waals surface area contributed by atoms with Gasteiger partial charge in [-0.25, -0.2) is 4.98 Å². The van der Waals surface area contributed by atoms with Gasteiger partial charge in [-0.15, -0.1) is 0 Å². The van der Waals surface area contributed by atoms with E-state index in [1.54, 1.807) is 0 Å². The van der Waals surface area contributed by atoms with Crippen molar-refractivity contribution in [2.24, 2.45) is 7.05 Å². The number of benzene rings is 1. The lowest BCUT2D eigenvalue weighted by molar-refractivity contribution is 0.554. The quantitative estimate of drug-likeness (QED) is 0.894. The molecule has 1 aromatic carbocycles. The molecule has 3 heteroatoms. The average Bonchev–Trinajstić information content (AvgIpc) is 2.77. The van der Waals surface area contributed by atoms with Crippen LogP contribution in [0.3, 0.4) is 0 Å². The molecule has 0 aliphatic rings. The van der Waals surface area contributed by atoms with Gasteiger partial charge in [0.25, 0.3) is 0 Å². The normalized spacial score (nSPS) is 12.7. The third-order valence-corrected chi connectivity index (χ3v) is 3.49. The second-order valence-electron chi connectivity index (χ2n) is 4.90. The number of likely N-dealkylation sites (N-methyl/N-ethyl adjacent to an activating group) is 1. The van der Waals surface area contributed by atoms with Gasteiger partial charge >= 0.3 is 0 Å². The van der Waals surface area contributed by atoms with Crippen molar-refractivity contribution in [2.45, 2.75) is 26.3 Å². The summed E-state index contributed by atoms with van der Waals surface area (Å²) in [6.45, 7) is 4.31. The molecule has 1 unspecified atom stereocenters. The molecule has 0 aliphatic carbocycles. The number of hydrogen-bond donors (Lipinski definition) is 1. The molecule has 0 spiro atoms. The largest absolute Gasteiger partial charge is 0.336 e. The first-order valence-electron chi connectivity index (χ1n) is 6.31. The van der Waals surface area contributed by atoms with Crippen LogP contribution in [0, 0.1) is 13.8 Å². The van der Waals surface area contributed by atoms with Crippen LogP contribution in [-0.2, 0) is 13.5 Å². The zero-order valence-electron chi connectivity index (χ0n) is 11.6. The molecule has 1 aromatic heterocycles. The number of aryl methyl sites for hydroxylation is 3. The zero-order valence-corrected chi connectivity index (χ0v) is 11.6. The minimum atomic E-state index is 0.304. The average molecular weight is 243 g/mol. The van der Waals surface area contributed by atoms with Gasteiger partial charge in [-0.3, -0.25) is 0 Å². The Morgan fingerprint density at radius 2 is 2.11 bits per heavy atom. The molecule has 18 heavy (non-hydrogen) atoms. The van der Waals surface area contributed by atoms with Gasteiger partial charge in [0.15, 0.2) is 0 Å². The van der Waals surface area contributed by atoms with Crippen molar-refractivity contribution in [1.29, 1.82) is 0 Å². The number of nitrogens with zero attached hydrogens (tertiary/aromatic N) is 2. The van der Waals surface area contributed by atoms with Gasteiger partial charge in [-0.05, 0) is 38.4 Å². The van der Waals surface area contributed by atoms with Gasteiger partial charge < -0.3 is 9.88 Å². The fourth-order valence-corrected chi connectivity index (χ4v) is 2.30.